The van der Waals surface area contributed by atoms with Crippen LogP contribution in [0.15, 0.2) is 59.1 Å². The van der Waals surface area contributed by atoms with Gasteiger partial charge in [0.05, 0.1) is 0 Å². The van der Waals surface area contributed by atoms with Crippen LogP contribution in [0.25, 0.3) is 0 Å². The third kappa shape index (κ3) is 3.11. The minimum Gasteiger partial charge on any atom is -0.370 e. The van der Waals surface area contributed by atoms with E-state index in [1.807, 2.05) is 54.6 Å². The minimum atomic E-state index is -0.537. The van der Waals surface area contributed by atoms with Gasteiger partial charge in [0.25, 0.3) is 0 Å². The van der Waals surface area contributed by atoms with Crippen molar-refractivity contribution >= 4 is 27.5 Å². The van der Waals surface area contributed by atoms with Crippen LogP contribution in [0.4, 0.5) is 5.69 Å². The number of anilines is 1. The monoisotopic (exact) mass is 304 g/mol. The third-order valence-corrected chi connectivity index (χ3v) is 3.04. The average Bonchev–Trinajstić information content (AvgIpc) is 2.37. The Morgan fingerprint density at radius 1 is 1.11 bits per heavy atom. The van der Waals surface area contributed by atoms with Crippen LogP contribution in [0.1, 0.15) is 11.6 Å². The fourth-order valence-corrected chi connectivity index (χ4v) is 2.12. The van der Waals surface area contributed by atoms with Gasteiger partial charge in [-0.15, -0.1) is 0 Å². The van der Waals surface area contributed by atoms with E-state index in [1.165, 1.54) is 0 Å². The molecule has 0 radical (unpaired) electrons. The number of carbonyl (C=O) groups is 1. The number of amides is 1. The summed E-state index contributed by atoms with van der Waals surface area (Å²) in [5.41, 5.74) is 7.15. The maximum Gasteiger partial charge on any atom is 0.244 e. The Balaban J connectivity index is 2.27. The largest absolute Gasteiger partial charge is 0.370 e. The first-order valence-corrected chi connectivity index (χ1v) is 6.32. The van der Waals surface area contributed by atoms with E-state index in [-0.39, 0.29) is 0 Å². The fraction of sp³-hybridized carbons (Fsp3) is 0.0714. The Kier molecular flexibility index (Phi) is 3.99. The van der Waals surface area contributed by atoms with Gasteiger partial charge >= 0.3 is 0 Å². The summed E-state index contributed by atoms with van der Waals surface area (Å²) in [6.45, 7) is 0. The van der Waals surface area contributed by atoms with Crippen LogP contribution >= 0.6 is 15.9 Å². The predicted molar refractivity (Wildman–Crippen MR) is 76.1 cm³/mol. The first kappa shape index (κ1) is 12.6. The Morgan fingerprint density at radius 3 is 2.44 bits per heavy atom. The van der Waals surface area contributed by atoms with Crippen LogP contribution in [-0.4, -0.2) is 5.91 Å². The summed E-state index contributed by atoms with van der Waals surface area (Å²) in [7, 11) is 0. The molecule has 0 saturated heterocycles. The summed E-state index contributed by atoms with van der Waals surface area (Å²) < 4.78 is 0.918. The number of nitrogens with one attached hydrogen (secondary N) is 1. The highest BCUT2D eigenvalue weighted by Crippen LogP contribution is 2.22. The van der Waals surface area contributed by atoms with Crippen molar-refractivity contribution in [3.63, 3.8) is 0 Å². The Labute approximate surface area is 114 Å². The van der Waals surface area contributed by atoms with Crippen molar-refractivity contribution in [2.45, 2.75) is 6.04 Å². The molecule has 0 spiro atoms. The van der Waals surface area contributed by atoms with Crippen molar-refractivity contribution in [2.75, 3.05) is 5.32 Å². The molecule has 1 unspecified atom stereocenters. The molecule has 0 aliphatic rings. The first-order chi connectivity index (χ1) is 8.66. The van der Waals surface area contributed by atoms with E-state index in [0.717, 1.165) is 15.7 Å². The number of halogens is 1. The number of nitrogens with two attached hydrogens (primary N) is 1. The molecule has 0 aromatic heterocycles. The van der Waals surface area contributed by atoms with Gasteiger partial charge < -0.3 is 11.1 Å². The van der Waals surface area contributed by atoms with Gasteiger partial charge in [0.15, 0.2) is 0 Å². The van der Waals surface area contributed by atoms with E-state index in [1.54, 1.807) is 0 Å². The van der Waals surface area contributed by atoms with Gasteiger partial charge in [0, 0.05) is 10.2 Å². The van der Waals surface area contributed by atoms with Crippen molar-refractivity contribution in [2.24, 2.45) is 5.73 Å². The predicted octanol–water partition coefficient (Wildman–Crippen LogP) is 3.09. The van der Waals surface area contributed by atoms with E-state index in [0.29, 0.717) is 0 Å². The summed E-state index contributed by atoms with van der Waals surface area (Å²) in [4.78, 5) is 11.6. The molecule has 92 valence electrons. The van der Waals surface area contributed by atoms with E-state index in [9.17, 15) is 4.79 Å². The quantitative estimate of drug-likeness (QED) is 0.912. The lowest BCUT2D eigenvalue weighted by Gasteiger charge is -2.17. The summed E-state index contributed by atoms with van der Waals surface area (Å²) in [5, 5.41) is 3.13. The third-order valence-electron chi connectivity index (χ3n) is 2.55. The molecule has 0 bridgehead atoms. The van der Waals surface area contributed by atoms with E-state index < -0.39 is 11.9 Å². The summed E-state index contributed by atoms with van der Waals surface area (Å²) in [6, 6.07) is 16.5. The first-order valence-electron chi connectivity index (χ1n) is 5.53. The van der Waals surface area contributed by atoms with Gasteiger partial charge in [0.1, 0.15) is 6.04 Å². The van der Waals surface area contributed by atoms with E-state index in [2.05, 4.69) is 21.2 Å². The zero-order valence-electron chi connectivity index (χ0n) is 9.64. The minimum absolute atomic E-state index is 0.406. The molecule has 2 aromatic rings. The Hall–Kier alpha value is -1.81. The zero-order chi connectivity index (χ0) is 13.0. The normalized spacial score (nSPS) is 11.8. The summed E-state index contributed by atoms with van der Waals surface area (Å²) in [5.74, 6) is -0.406. The molecule has 0 fully saturated rings. The average molecular weight is 305 g/mol. The smallest absolute Gasteiger partial charge is 0.244 e. The molecule has 2 rings (SSSR count). The molecule has 0 aliphatic heterocycles. The molecular formula is C14H13BrN2O. The lowest BCUT2D eigenvalue weighted by atomic mass is 10.1. The van der Waals surface area contributed by atoms with E-state index >= 15 is 0 Å². The topological polar surface area (TPSA) is 55.1 Å². The van der Waals surface area contributed by atoms with Crippen molar-refractivity contribution in [1.29, 1.82) is 0 Å². The highest BCUT2D eigenvalue weighted by Gasteiger charge is 2.17. The van der Waals surface area contributed by atoms with Gasteiger partial charge in [-0.1, -0.05) is 46.3 Å². The van der Waals surface area contributed by atoms with Crippen LogP contribution < -0.4 is 11.1 Å². The maximum absolute atomic E-state index is 11.6. The van der Waals surface area contributed by atoms with Gasteiger partial charge in [-0.3, -0.25) is 4.79 Å². The molecule has 2 aromatic carbocycles. The second kappa shape index (κ2) is 5.69. The van der Waals surface area contributed by atoms with Gasteiger partial charge in [-0.25, -0.2) is 0 Å². The van der Waals surface area contributed by atoms with Crippen molar-refractivity contribution in [3.8, 4) is 0 Å². The SMILES string of the molecule is NC(=O)C(Nc1ccccc1)c1cccc(Br)c1. The molecule has 0 heterocycles. The van der Waals surface area contributed by atoms with E-state index in [4.69, 9.17) is 5.73 Å². The molecule has 0 aliphatic carbocycles. The molecule has 0 saturated carbocycles. The number of carbonyl (C=O) groups excluding carboxylic acids is 1. The molecular weight excluding hydrogens is 292 g/mol. The van der Waals surface area contributed by atoms with Crippen LogP contribution in [0, 0.1) is 0 Å². The number of primary amides is 1. The fourth-order valence-electron chi connectivity index (χ4n) is 1.71. The van der Waals surface area contributed by atoms with Crippen LogP contribution in [0.3, 0.4) is 0 Å². The number of hydrogen-bond acceptors (Lipinski definition) is 2. The molecule has 3 nitrogen and oxygen atoms in total. The second-order valence-electron chi connectivity index (χ2n) is 3.90. The molecule has 3 N–H and O–H groups in total. The summed E-state index contributed by atoms with van der Waals surface area (Å²) >= 11 is 3.39. The lowest BCUT2D eigenvalue weighted by Crippen LogP contribution is -2.27. The Morgan fingerprint density at radius 2 is 1.83 bits per heavy atom. The molecule has 1 atom stereocenters. The number of hydrogen-bond donors (Lipinski definition) is 2. The lowest BCUT2D eigenvalue weighted by molar-refractivity contribution is -0.118. The standard InChI is InChI=1S/C14H13BrN2O/c15-11-6-4-5-10(9-11)13(14(16)18)17-12-7-2-1-3-8-12/h1-9,13,17H,(H2,16,18). The van der Waals surface area contributed by atoms with Crippen molar-refractivity contribution in [1.82, 2.24) is 0 Å². The van der Waals surface area contributed by atoms with Crippen LogP contribution in [0.5, 0.6) is 0 Å². The highest BCUT2D eigenvalue weighted by atomic mass is 79.9. The zero-order valence-corrected chi connectivity index (χ0v) is 11.2. The van der Waals surface area contributed by atoms with Crippen LogP contribution in [-0.2, 0) is 4.79 Å². The van der Waals surface area contributed by atoms with Crippen LogP contribution in [0.2, 0.25) is 0 Å². The molecule has 18 heavy (non-hydrogen) atoms. The molecule has 4 heteroatoms. The van der Waals surface area contributed by atoms with Crippen molar-refractivity contribution in [3.05, 3.63) is 64.6 Å². The number of rotatable bonds is 4. The maximum atomic E-state index is 11.6. The second-order valence-corrected chi connectivity index (χ2v) is 4.82. The van der Waals surface area contributed by atoms with Crippen molar-refractivity contribution < 1.29 is 4.79 Å². The molecule has 1 amide bonds. The Bertz CT molecular complexity index is 543. The highest BCUT2D eigenvalue weighted by molar-refractivity contribution is 9.10. The number of para-hydroxylation sites is 1. The number of benzene rings is 2. The van der Waals surface area contributed by atoms with Gasteiger partial charge in [-0.05, 0) is 29.8 Å². The summed E-state index contributed by atoms with van der Waals surface area (Å²) in [6.07, 6.45) is 0. The van der Waals surface area contributed by atoms with Gasteiger partial charge in [-0.2, -0.15) is 0 Å². The van der Waals surface area contributed by atoms with Gasteiger partial charge in [0.2, 0.25) is 5.91 Å².